The van der Waals surface area contributed by atoms with Gasteiger partial charge >= 0.3 is 0 Å². The summed E-state index contributed by atoms with van der Waals surface area (Å²) in [5, 5.41) is 7.99. The molecular formula is C19H15Cl2N9O6S2. The third kappa shape index (κ3) is 6.97. The summed E-state index contributed by atoms with van der Waals surface area (Å²) in [6, 6.07) is 8.85. The highest BCUT2D eigenvalue weighted by molar-refractivity contribution is 7.86. The molecule has 0 aliphatic rings. The van der Waals surface area contributed by atoms with E-state index in [1.807, 2.05) is 0 Å². The van der Waals surface area contributed by atoms with E-state index in [-0.39, 0.29) is 50.5 Å². The Morgan fingerprint density at radius 2 is 1.18 bits per heavy atom. The Labute approximate surface area is 225 Å². The van der Waals surface area contributed by atoms with Crippen molar-refractivity contribution in [2.45, 2.75) is 16.7 Å². The maximum absolute atomic E-state index is 11.9. The minimum atomic E-state index is -4.64. The van der Waals surface area contributed by atoms with E-state index in [0.29, 0.717) is 5.69 Å². The Morgan fingerprint density at radius 1 is 0.658 bits per heavy atom. The van der Waals surface area contributed by atoms with Gasteiger partial charge in [0.25, 0.3) is 20.2 Å². The number of nitrogens with zero attached hydrogens (tertiary/aromatic N) is 6. The van der Waals surface area contributed by atoms with Crippen molar-refractivity contribution in [1.29, 1.82) is 0 Å². The first-order chi connectivity index (χ1) is 17.8. The van der Waals surface area contributed by atoms with Crippen LogP contribution in [0.25, 0.3) is 0 Å². The average molecular weight is 600 g/mol. The zero-order valence-corrected chi connectivity index (χ0v) is 22.0. The standard InChI is InChI=1S/C19H15Cl2N9O6S2/c1-9-22-15(20)27-17(23-9)26-13-8-11(4-7-14(13)38(34,35)36)25-19-29-16(21)28-18(30-19)24-10-2-5-12(6-3-10)37(31,32)33/h2-8H,1H3,(H,31,32,33)(H,34,35,36)(H,22,23,26,27)(H2,24,25,28,29,30). The number of nitrogens with one attached hydrogen (secondary N) is 3. The quantitative estimate of drug-likeness (QED) is 0.183. The summed E-state index contributed by atoms with van der Waals surface area (Å²) in [6.07, 6.45) is 0. The molecule has 38 heavy (non-hydrogen) atoms. The lowest BCUT2D eigenvalue weighted by molar-refractivity contribution is 0.481. The molecule has 0 atom stereocenters. The molecule has 4 rings (SSSR count). The summed E-state index contributed by atoms with van der Waals surface area (Å²) >= 11 is 11.8. The van der Waals surface area contributed by atoms with Crippen molar-refractivity contribution in [3.63, 3.8) is 0 Å². The summed E-state index contributed by atoms with van der Waals surface area (Å²) in [5.74, 6) is 0.129. The molecule has 0 aliphatic heterocycles. The van der Waals surface area contributed by atoms with Crippen molar-refractivity contribution in [2.75, 3.05) is 16.0 Å². The normalized spacial score (nSPS) is 11.7. The molecule has 0 amide bonds. The first-order valence-corrected chi connectivity index (χ1v) is 13.7. The molecule has 0 aliphatic carbocycles. The van der Waals surface area contributed by atoms with Crippen LogP contribution in [0, 0.1) is 6.92 Å². The second kappa shape index (κ2) is 10.6. The molecular weight excluding hydrogens is 585 g/mol. The molecule has 4 aromatic rings. The largest absolute Gasteiger partial charge is 0.324 e. The first kappa shape index (κ1) is 27.3. The fourth-order valence-corrected chi connectivity index (χ4v) is 4.46. The highest BCUT2D eigenvalue weighted by Crippen LogP contribution is 2.29. The molecule has 2 heterocycles. The van der Waals surface area contributed by atoms with Gasteiger partial charge in [0.1, 0.15) is 10.7 Å². The van der Waals surface area contributed by atoms with Gasteiger partial charge in [-0.05, 0) is 72.6 Å². The summed E-state index contributed by atoms with van der Waals surface area (Å²) in [6.45, 7) is 1.56. The molecule has 0 fully saturated rings. The number of hydrogen-bond acceptors (Lipinski definition) is 13. The molecule has 2 aromatic heterocycles. The van der Waals surface area contributed by atoms with Crippen LogP contribution in [0.3, 0.4) is 0 Å². The van der Waals surface area contributed by atoms with Crippen molar-refractivity contribution in [2.24, 2.45) is 0 Å². The molecule has 0 unspecified atom stereocenters. The van der Waals surface area contributed by atoms with Crippen LogP contribution in [0.5, 0.6) is 0 Å². The lowest BCUT2D eigenvalue weighted by Crippen LogP contribution is -2.08. The van der Waals surface area contributed by atoms with Crippen molar-refractivity contribution in [1.82, 2.24) is 29.9 Å². The van der Waals surface area contributed by atoms with E-state index in [9.17, 15) is 21.4 Å². The number of anilines is 6. The highest BCUT2D eigenvalue weighted by atomic mass is 35.5. The molecule has 2 aromatic carbocycles. The van der Waals surface area contributed by atoms with E-state index in [0.717, 1.165) is 6.07 Å². The Kier molecular flexibility index (Phi) is 7.58. The SMILES string of the molecule is Cc1nc(Cl)nc(Nc2cc(Nc3nc(Cl)nc(Nc4ccc(S(=O)(=O)O)cc4)n3)ccc2S(=O)(=O)O)n1. The summed E-state index contributed by atoms with van der Waals surface area (Å²) < 4.78 is 64.9. The van der Waals surface area contributed by atoms with Crippen LogP contribution in [-0.4, -0.2) is 55.8 Å². The number of rotatable bonds is 8. The second-order valence-electron chi connectivity index (χ2n) is 7.29. The van der Waals surface area contributed by atoms with Crippen LogP contribution in [0.4, 0.5) is 34.9 Å². The molecule has 198 valence electrons. The number of aryl methyl sites for hydroxylation is 1. The lowest BCUT2D eigenvalue weighted by Gasteiger charge is -2.13. The summed E-state index contributed by atoms with van der Waals surface area (Å²) in [4.78, 5) is 23.0. The monoisotopic (exact) mass is 599 g/mol. The van der Waals surface area contributed by atoms with Gasteiger partial charge in [0.05, 0.1) is 10.6 Å². The van der Waals surface area contributed by atoms with E-state index < -0.39 is 25.1 Å². The van der Waals surface area contributed by atoms with E-state index in [1.54, 1.807) is 6.92 Å². The zero-order valence-electron chi connectivity index (χ0n) is 18.8. The first-order valence-electron chi connectivity index (χ1n) is 10.1. The Balaban J connectivity index is 1.62. The van der Waals surface area contributed by atoms with Crippen LogP contribution >= 0.6 is 23.2 Å². The number of benzene rings is 2. The van der Waals surface area contributed by atoms with Gasteiger partial charge in [0.15, 0.2) is 0 Å². The van der Waals surface area contributed by atoms with Gasteiger partial charge in [0, 0.05) is 11.4 Å². The van der Waals surface area contributed by atoms with Crippen molar-refractivity contribution < 1.29 is 25.9 Å². The van der Waals surface area contributed by atoms with E-state index in [4.69, 9.17) is 27.8 Å². The zero-order chi connectivity index (χ0) is 27.7. The second-order valence-corrected chi connectivity index (χ2v) is 10.8. The van der Waals surface area contributed by atoms with Gasteiger partial charge in [-0.1, -0.05) is 0 Å². The van der Waals surface area contributed by atoms with Gasteiger partial charge in [0.2, 0.25) is 28.4 Å². The third-order valence-electron chi connectivity index (χ3n) is 4.50. The van der Waals surface area contributed by atoms with Gasteiger partial charge in [-0.15, -0.1) is 0 Å². The maximum Gasteiger partial charge on any atom is 0.296 e. The van der Waals surface area contributed by atoms with Gasteiger partial charge in [-0.2, -0.15) is 41.8 Å². The highest BCUT2D eigenvalue weighted by Gasteiger charge is 2.18. The Morgan fingerprint density at radius 3 is 1.74 bits per heavy atom. The maximum atomic E-state index is 11.9. The third-order valence-corrected chi connectivity index (χ3v) is 6.61. The topological polar surface area (TPSA) is 222 Å². The number of halogens is 2. The lowest BCUT2D eigenvalue weighted by atomic mass is 10.2. The Hall–Kier alpha value is -3.74. The summed E-state index contributed by atoms with van der Waals surface area (Å²) in [7, 11) is -9.00. The molecule has 0 saturated carbocycles. The van der Waals surface area contributed by atoms with Crippen LogP contribution < -0.4 is 16.0 Å². The molecule has 0 radical (unpaired) electrons. The minimum Gasteiger partial charge on any atom is -0.324 e. The smallest absolute Gasteiger partial charge is 0.296 e. The molecule has 0 saturated heterocycles. The van der Waals surface area contributed by atoms with E-state index >= 15 is 0 Å². The molecule has 0 spiro atoms. The number of aromatic nitrogens is 6. The molecule has 15 nitrogen and oxygen atoms in total. The van der Waals surface area contributed by atoms with Crippen LogP contribution in [0.15, 0.2) is 52.3 Å². The van der Waals surface area contributed by atoms with E-state index in [1.165, 1.54) is 36.4 Å². The van der Waals surface area contributed by atoms with E-state index in [2.05, 4.69) is 45.9 Å². The summed E-state index contributed by atoms with van der Waals surface area (Å²) in [5.41, 5.74) is 0.542. The Bertz CT molecular complexity index is 1720. The van der Waals surface area contributed by atoms with Gasteiger partial charge in [-0.3, -0.25) is 9.11 Å². The minimum absolute atomic E-state index is 0.0182. The van der Waals surface area contributed by atoms with Gasteiger partial charge < -0.3 is 16.0 Å². The van der Waals surface area contributed by atoms with Crippen molar-refractivity contribution in [3.05, 3.63) is 58.9 Å². The van der Waals surface area contributed by atoms with Gasteiger partial charge in [-0.25, -0.2) is 4.98 Å². The van der Waals surface area contributed by atoms with Crippen molar-refractivity contribution >= 4 is 78.3 Å². The molecule has 0 bridgehead atoms. The number of hydrogen-bond donors (Lipinski definition) is 5. The van der Waals surface area contributed by atoms with Crippen molar-refractivity contribution in [3.8, 4) is 0 Å². The van der Waals surface area contributed by atoms with Crippen LogP contribution in [0.2, 0.25) is 10.6 Å². The van der Waals surface area contributed by atoms with Crippen LogP contribution in [0.1, 0.15) is 5.82 Å². The van der Waals surface area contributed by atoms with Crippen LogP contribution in [-0.2, 0) is 20.2 Å². The average Bonchev–Trinajstić information content (AvgIpc) is 2.77. The fourth-order valence-electron chi connectivity index (χ4n) is 2.99. The molecule has 19 heteroatoms. The predicted molar refractivity (Wildman–Crippen MR) is 137 cm³/mol. The predicted octanol–water partition coefficient (Wildman–Crippen LogP) is 3.40. The fraction of sp³-hybridized carbons (Fsp3) is 0.0526. The molecule has 5 N–H and O–H groups in total.